The van der Waals surface area contributed by atoms with Crippen LogP contribution in [0.15, 0.2) is 30.5 Å². The van der Waals surface area contributed by atoms with Gasteiger partial charge in [-0.25, -0.2) is 4.79 Å². The number of carbonyl (C=O) groups excluding carboxylic acids is 4. The minimum atomic E-state index is -1.34. The van der Waals surface area contributed by atoms with Crippen molar-refractivity contribution < 1.29 is 29.1 Å². The second-order valence-corrected chi connectivity index (χ2v) is 9.04. The highest BCUT2D eigenvalue weighted by Gasteiger charge is 2.30. The first-order chi connectivity index (χ1) is 16.9. The molecule has 4 atom stereocenters. The van der Waals surface area contributed by atoms with Crippen LogP contribution in [0.1, 0.15) is 39.2 Å². The zero-order valence-electron chi connectivity index (χ0n) is 20.5. The Morgan fingerprint density at radius 3 is 2.25 bits per heavy atom. The van der Waals surface area contributed by atoms with Crippen molar-refractivity contribution >= 4 is 40.5 Å². The van der Waals surface area contributed by atoms with E-state index in [1.54, 1.807) is 20.0 Å². The lowest BCUT2D eigenvalue weighted by atomic mass is 10.0. The molecule has 0 aliphatic carbocycles. The van der Waals surface area contributed by atoms with Crippen molar-refractivity contribution in [1.29, 1.82) is 0 Å². The molecule has 1 aromatic heterocycles. The van der Waals surface area contributed by atoms with Crippen LogP contribution in [0, 0.1) is 5.92 Å². The summed E-state index contributed by atoms with van der Waals surface area (Å²) in [7, 11) is 0. The van der Waals surface area contributed by atoms with Gasteiger partial charge in [0.1, 0.15) is 18.1 Å². The number of rotatable bonds is 13. The van der Waals surface area contributed by atoms with Gasteiger partial charge in [-0.1, -0.05) is 32.0 Å². The van der Waals surface area contributed by atoms with Gasteiger partial charge in [-0.2, -0.15) is 0 Å². The molecule has 12 heteroatoms. The Morgan fingerprint density at radius 2 is 1.64 bits per heavy atom. The number of nitrogens with two attached hydrogens (primary N) is 2. The number of nitrogens with one attached hydrogen (secondary N) is 4. The second kappa shape index (κ2) is 12.7. The topological polar surface area (TPSA) is 209 Å². The van der Waals surface area contributed by atoms with Crippen LogP contribution in [-0.4, -0.2) is 63.9 Å². The number of H-pyrrole nitrogens is 1. The normalized spacial score (nSPS) is 14.5. The van der Waals surface area contributed by atoms with Gasteiger partial charge in [-0.15, -0.1) is 0 Å². The van der Waals surface area contributed by atoms with E-state index in [4.69, 9.17) is 11.5 Å². The number of carbonyl (C=O) groups is 5. The third kappa shape index (κ3) is 7.80. The summed E-state index contributed by atoms with van der Waals surface area (Å²) in [6.45, 7) is 4.79. The van der Waals surface area contributed by atoms with Gasteiger partial charge >= 0.3 is 5.97 Å². The highest BCUT2D eigenvalue weighted by Crippen LogP contribution is 2.18. The number of carboxylic acids is 1. The van der Waals surface area contributed by atoms with E-state index in [-0.39, 0.29) is 19.3 Å². The number of amides is 4. The van der Waals surface area contributed by atoms with Crippen molar-refractivity contribution in [2.24, 2.45) is 17.4 Å². The predicted octanol–water partition coefficient (Wildman–Crippen LogP) is -0.482. The van der Waals surface area contributed by atoms with Crippen LogP contribution in [0.4, 0.5) is 0 Å². The molecule has 2 rings (SSSR count). The number of hydrogen-bond donors (Lipinski definition) is 7. The zero-order chi connectivity index (χ0) is 27.0. The summed E-state index contributed by atoms with van der Waals surface area (Å²) in [6.07, 6.45) is 1.63. The molecule has 0 saturated carbocycles. The van der Waals surface area contributed by atoms with E-state index in [1.165, 1.54) is 6.92 Å². The SMILES string of the molecule is CC(NC(=O)C(N)Cc1c[nH]c2ccccc12)C(=O)NC(C(=O)NC(CCC(N)=O)C(=O)O)C(C)C. The van der Waals surface area contributed by atoms with Crippen molar-refractivity contribution in [2.75, 3.05) is 0 Å². The summed E-state index contributed by atoms with van der Waals surface area (Å²) in [5.74, 6) is -4.33. The maximum atomic E-state index is 12.7. The molecule has 0 radical (unpaired) electrons. The maximum absolute atomic E-state index is 12.7. The number of benzene rings is 1. The molecular weight excluding hydrogens is 468 g/mol. The second-order valence-electron chi connectivity index (χ2n) is 9.04. The van der Waals surface area contributed by atoms with E-state index in [0.29, 0.717) is 0 Å². The average molecular weight is 503 g/mol. The molecule has 12 nitrogen and oxygen atoms in total. The third-order valence-electron chi connectivity index (χ3n) is 5.74. The van der Waals surface area contributed by atoms with Crippen molar-refractivity contribution in [1.82, 2.24) is 20.9 Å². The molecule has 4 unspecified atom stereocenters. The van der Waals surface area contributed by atoms with Crippen molar-refractivity contribution in [3.8, 4) is 0 Å². The fourth-order valence-electron chi connectivity index (χ4n) is 3.63. The molecule has 196 valence electrons. The number of primary amides is 1. The van der Waals surface area contributed by atoms with E-state index in [1.807, 2.05) is 24.3 Å². The van der Waals surface area contributed by atoms with Crippen LogP contribution in [0.3, 0.4) is 0 Å². The fraction of sp³-hybridized carbons (Fsp3) is 0.458. The lowest BCUT2D eigenvalue weighted by Crippen LogP contribution is -2.58. The molecule has 1 aromatic carbocycles. The standard InChI is InChI=1S/C24H34N6O6/c1-12(2)20(23(34)29-18(24(35)36)8-9-19(26)31)30-21(32)13(3)28-22(33)16(25)10-14-11-27-17-7-5-4-6-15(14)17/h4-7,11-13,16,18,20,27H,8-10,25H2,1-3H3,(H2,26,31)(H,28,33)(H,29,34)(H,30,32)(H,35,36). The summed E-state index contributed by atoms with van der Waals surface area (Å²) in [4.78, 5) is 63.5. The zero-order valence-corrected chi connectivity index (χ0v) is 20.5. The number of carboxylic acid groups (broad SMARTS) is 1. The fourth-order valence-corrected chi connectivity index (χ4v) is 3.63. The molecule has 0 aliphatic heterocycles. The van der Waals surface area contributed by atoms with Crippen molar-refractivity contribution in [3.05, 3.63) is 36.0 Å². The Labute approximate surface area is 208 Å². The molecule has 0 saturated heterocycles. The van der Waals surface area contributed by atoms with Crippen LogP contribution < -0.4 is 27.4 Å². The molecule has 36 heavy (non-hydrogen) atoms. The Balaban J connectivity index is 1.96. The summed E-state index contributed by atoms with van der Waals surface area (Å²) < 4.78 is 0. The summed E-state index contributed by atoms with van der Waals surface area (Å²) in [6, 6.07) is 3.26. The Bertz CT molecular complexity index is 1110. The minimum absolute atomic E-state index is 0.185. The van der Waals surface area contributed by atoms with Gasteiger partial charge in [-0.05, 0) is 37.3 Å². The van der Waals surface area contributed by atoms with Crippen molar-refractivity contribution in [3.63, 3.8) is 0 Å². The molecule has 2 aromatic rings. The van der Waals surface area contributed by atoms with Gasteiger partial charge in [0.25, 0.3) is 0 Å². The smallest absolute Gasteiger partial charge is 0.326 e. The van der Waals surface area contributed by atoms with Gasteiger partial charge in [0.05, 0.1) is 6.04 Å². The predicted molar refractivity (Wildman–Crippen MR) is 132 cm³/mol. The largest absolute Gasteiger partial charge is 0.480 e. The van der Waals surface area contributed by atoms with Crippen LogP contribution >= 0.6 is 0 Å². The third-order valence-corrected chi connectivity index (χ3v) is 5.74. The molecule has 0 bridgehead atoms. The molecule has 0 aliphatic rings. The molecule has 9 N–H and O–H groups in total. The summed E-state index contributed by atoms with van der Waals surface area (Å²) in [5, 5.41) is 17.7. The number of aliphatic carboxylic acids is 1. The molecular formula is C24H34N6O6. The van der Waals surface area contributed by atoms with Gasteiger partial charge < -0.3 is 37.5 Å². The maximum Gasteiger partial charge on any atom is 0.326 e. The highest BCUT2D eigenvalue weighted by atomic mass is 16.4. The number of aromatic amines is 1. The minimum Gasteiger partial charge on any atom is -0.480 e. The Kier molecular flexibility index (Phi) is 9.97. The molecule has 0 spiro atoms. The van der Waals surface area contributed by atoms with Crippen molar-refractivity contribution in [2.45, 2.75) is 64.2 Å². The lowest BCUT2D eigenvalue weighted by Gasteiger charge is -2.26. The number of para-hydroxylation sites is 1. The van der Waals surface area contributed by atoms with E-state index < -0.39 is 59.7 Å². The molecule has 0 fully saturated rings. The van der Waals surface area contributed by atoms with Gasteiger partial charge in [0.2, 0.25) is 23.6 Å². The summed E-state index contributed by atoms with van der Waals surface area (Å²) >= 11 is 0. The first-order valence-electron chi connectivity index (χ1n) is 11.6. The van der Waals surface area contributed by atoms with Crippen LogP contribution in [0.2, 0.25) is 0 Å². The summed E-state index contributed by atoms with van der Waals surface area (Å²) in [5.41, 5.74) is 12.9. The van der Waals surface area contributed by atoms with E-state index in [9.17, 15) is 29.1 Å². The number of hydrogen-bond acceptors (Lipinski definition) is 6. The Morgan fingerprint density at radius 1 is 0.972 bits per heavy atom. The lowest BCUT2D eigenvalue weighted by molar-refractivity contribution is -0.143. The van der Waals surface area contributed by atoms with Crippen LogP contribution in [-0.2, 0) is 30.4 Å². The first kappa shape index (κ1) is 28.3. The van der Waals surface area contributed by atoms with E-state index >= 15 is 0 Å². The monoisotopic (exact) mass is 502 g/mol. The Hall–Kier alpha value is -3.93. The quantitative estimate of drug-likeness (QED) is 0.191. The van der Waals surface area contributed by atoms with Gasteiger partial charge in [0, 0.05) is 23.5 Å². The molecule has 4 amide bonds. The highest BCUT2D eigenvalue weighted by molar-refractivity contribution is 5.94. The molecule has 1 heterocycles. The number of aromatic nitrogens is 1. The average Bonchev–Trinajstić information content (AvgIpc) is 3.21. The first-order valence-corrected chi connectivity index (χ1v) is 11.6. The van der Waals surface area contributed by atoms with Crippen LogP contribution in [0.5, 0.6) is 0 Å². The van der Waals surface area contributed by atoms with E-state index in [0.717, 1.165) is 16.5 Å². The number of fused-ring (bicyclic) bond motifs is 1. The van der Waals surface area contributed by atoms with Gasteiger partial charge in [0.15, 0.2) is 0 Å². The van der Waals surface area contributed by atoms with Crippen LogP contribution in [0.25, 0.3) is 10.9 Å². The van der Waals surface area contributed by atoms with Gasteiger partial charge in [-0.3, -0.25) is 19.2 Å². The van der Waals surface area contributed by atoms with E-state index in [2.05, 4.69) is 20.9 Å².